The van der Waals surface area contributed by atoms with Gasteiger partial charge in [-0.2, -0.15) is 0 Å². The first-order valence-corrected chi connectivity index (χ1v) is 9.21. The molecule has 1 unspecified atom stereocenters. The van der Waals surface area contributed by atoms with E-state index in [9.17, 15) is 14.0 Å². The Morgan fingerprint density at radius 3 is 2.89 bits per heavy atom. The van der Waals surface area contributed by atoms with Gasteiger partial charge in [0.1, 0.15) is 5.82 Å². The number of fused-ring (bicyclic) bond motifs is 2. The molecule has 3 aromatic rings. The van der Waals surface area contributed by atoms with Crippen molar-refractivity contribution in [2.45, 2.75) is 26.2 Å². The van der Waals surface area contributed by atoms with Crippen LogP contribution in [0.4, 0.5) is 10.1 Å². The molecule has 0 radical (unpaired) electrons. The van der Waals surface area contributed by atoms with E-state index in [1.165, 1.54) is 17.7 Å². The van der Waals surface area contributed by atoms with E-state index in [-0.39, 0.29) is 23.7 Å². The number of nitrogens with zero attached hydrogens (tertiary/aromatic N) is 1. The molecule has 0 saturated carbocycles. The van der Waals surface area contributed by atoms with Gasteiger partial charge in [0.2, 0.25) is 5.91 Å². The number of nitrogens with one attached hydrogen (secondary N) is 1. The van der Waals surface area contributed by atoms with Crippen LogP contribution in [0, 0.1) is 11.7 Å². The Morgan fingerprint density at radius 1 is 1.22 bits per heavy atom. The summed E-state index contributed by atoms with van der Waals surface area (Å²) in [7, 11) is 0. The summed E-state index contributed by atoms with van der Waals surface area (Å²) in [5, 5.41) is 0.760. The number of rotatable bonds is 3. The number of para-hydroxylation sites is 1. The molecule has 4 nitrogen and oxygen atoms in total. The Kier molecular flexibility index (Phi) is 4.52. The second-order valence-corrected chi connectivity index (χ2v) is 7.30. The van der Waals surface area contributed by atoms with Gasteiger partial charge < -0.3 is 9.88 Å². The molecule has 1 N–H and O–H groups in total. The van der Waals surface area contributed by atoms with Crippen molar-refractivity contribution in [2.24, 2.45) is 5.92 Å². The number of aryl methyl sites for hydroxylation is 1. The fraction of sp³-hybridized carbons (Fsp3) is 0.273. The van der Waals surface area contributed by atoms with Crippen LogP contribution in [0.3, 0.4) is 0 Å². The van der Waals surface area contributed by atoms with Crippen molar-refractivity contribution in [1.82, 2.24) is 4.98 Å². The number of halogens is 1. The lowest BCUT2D eigenvalue weighted by Gasteiger charge is -2.33. The van der Waals surface area contributed by atoms with Crippen LogP contribution in [0.15, 0.2) is 53.3 Å². The molecule has 27 heavy (non-hydrogen) atoms. The summed E-state index contributed by atoms with van der Waals surface area (Å²) in [5.74, 6) is 0.0365. The minimum Gasteiger partial charge on any atom is -0.322 e. The number of H-pyrrole nitrogens is 1. The fourth-order valence-electron chi connectivity index (χ4n) is 3.81. The summed E-state index contributed by atoms with van der Waals surface area (Å²) in [5.41, 5.74) is 2.90. The highest BCUT2D eigenvalue weighted by molar-refractivity contribution is 5.94. The van der Waals surface area contributed by atoms with Crippen LogP contribution < -0.4 is 10.5 Å². The standard InChI is InChI=1S/C22H21FN2O2/c1-14-10-16-4-2-3-5-20(16)25(13-14)21(26)9-7-17-11-15-6-8-18(23)12-19(15)24-22(17)27/h2-6,8,11-12,14H,7,9-10,13H2,1H3,(H,24,27). The molecule has 5 heteroatoms. The number of anilines is 1. The molecule has 0 bridgehead atoms. The lowest BCUT2D eigenvalue weighted by atomic mass is 9.93. The zero-order valence-corrected chi connectivity index (χ0v) is 15.2. The average molecular weight is 364 g/mol. The summed E-state index contributed by atoms with van der Waals surface area (Å²) in [6, 6.07) is 14.0. The fourth-order valence-corrected chi connectivity index (χ4v) is 3.81. The molecule has 138 valence electrons. The molecular weight excluding hydrogens is 343 g/mol. The minimum atomic E-state index is -0.390. The smallest absolute Gasteiger partial charge is 0.251 e. The van der Waals surface area contributed by atoms with Gasteiger partial charge in [-0.1, -0.05) is 25.1 Å². The largest absolute Gasteiger partial charge is 0.322 e. The number of pyridine rings is 1. The molecule has 2 heterocycles. The second-order valence-electron chi connectivity index (χ2n) is 7.30. The average Bonchev–Trinajstić information content (AvgIpc) is 2.65. The molecule has 1 atom stereocenters. The minimum absolute atomic E-state index is 0.0209. The third-order valence-corrected chi connectivity index (χ3v) is 5.14. The summed E-state index contributed by atoms with van der Waals surface area (Å²) in [6.07, 6.45) is 1.59. The predicted molar refractivity (Wildman–Crippen MR) is 105 cm³/mol. The Labute approximate surface area is 156 Å². The molecule has 0 saturated heterocycles. The monoisotopic (exact) mass is 364 g/mol. The maximum atomic E-state index is 13.3. The lowest BCUT2D eigenvalue weighted by molar-refractivity contribution is -0.118. The second kappa shape index (κ2) is 6.99. The SMILES string of the molecule is CC1Cc2ccccc2N(C(=O)CCc2cc3ccc(F)cc3[nH]c2=O)C1. The molecule has 0 aliphatic carbocycles. The lowest BCUT2D eigenvalue weighted by Crippen LogP contribution is -2.39. The predicted octanol–water partition coefficient (Wildman–Crippen LogP) is 3.83. The van der Waals surface area contributed by atoms with Gasteiger partial charge in [0.25, 0.3) is 5.56 Å². The van der Waals surface area contributed by atoms with Crippen LogP contribution in [-0.2, 0) is 17.6 Å². The van der Waals surface area contributed by atoms with Crippen LogP contribution in [0.1, 0.15) is 24.5 Å². The van der Waals surface area contributed by atoms with Crippen molar-refractivity contribution in [3.05, 3.63) is 75.8 Å². The maximum absolute atomic E-state index is 13.3. The van der Waals surface area contributed by atoms with Gasteiger partial charge in [0, 0.05) is 24.2 Å². The summed E-state index contributed by atoms with van der Waals surface area (Å²) in [4.78, 5) is 29.7. The van der Waals surface area contributed by atoms with E-state index >= 15 is 0 Å². The van der Waals surface area contributed by atoms with E-state index in [2.05, 4.69) is 18.0 Å². The van der Waals surface area contributed by atoms with Crippen LogP contribution in [-0.4, -0.2) is 17.4 Å². The molecule has 1 aliphatic heterocycles. The maximum Gasteiger partial charge on any atom is 0.251 e. The van der Waals surface area contributed by atoms with Crippen molar-refractivity contribution in [3.63, 3.8) is 0 Å². The summed E-state index contributed by atoms with van der Waals surface area (Å²) >= 11 is 0. The van der Waals surface area contributed by atoms with Crippen molar-refractivity contribution in [1.29, 1.82) is 0 Å². The number of hydrogen-bond acceptors (Lipinski definition) is 2. The molecule has 1 aliphatic rings. The third kappa shape index (κ3) is 3.50. The highest BCUT2D eigenvalue weighted by Gasteiger charge is 2.25. The van der Waals surface area contributed by atoms with Gasteiger partial charge in [-0.3, -0.25) is 9.59 Å². The molecule has 4 rings (SSSR count). The van der Waals surface area contributed by atoms with E-state index < -0.39 is 0 Å². The number of amides is 1. The molecule has 1 amide bonds. The van der Waals surface area contributed by atoms with Crippen molar-refractivity contribution in [2.75, 3.05) is 11.4 Å². The first kappa shape index (κ1) is 17.5. The van der Waals surface area contributed by atoms with Crippen molar-refractivity contribution < 1.29 is 9.18 Å². The van der Waals surface area contributed by atoms with Gasteiger partial charge in [-0.05, 0) is 60.0 Å². The topological polar surface area (TPSA) is 53.2 Å². The van der Waals surface area contributed by atoms with Gasteiger partial charge in [0.05, 0.1) is 5.52 Å². The zero-order chi connectivity index (χ0) is 19.0. The van der Waals surface area contributed by atoms with Gasteiger partial charge in [0.15, 0.2) is 0 Å². The highest BCUT2D eigenvalue weighted by Crippen LogP contribution is 2.30. The van der Waals surface area contributed by atoms with Crippen molar-refractivity contribution >= 4 is 22.5 Å². The number of carbonyl (C=O) groups is 1. The Balaban J connectivity index is 1.55. The van der Waals surface area contributed by atoms with Gasteiger partial charge in [-0.15, -0.1) is 0 Å². The van der Waals surface area contributed by atoms with Crippen molar-refractivity contribution in [3.8, 4) is 0 Å². The zero-order valence-electron chi connectivity index (χ0n) is 15.2. The molecule has 1 aromatic heterocycles. The molecule has 2 aromatic carbocycles. The van der Waals surface area contributed by atoms with E-state index in [4.69, 9.17) is 0 Å². The van der Waals surface area contributed by atoms with E-state index in [0.29, 0.717) is 30.0 Å². The Morgan fingerprint density at radius 2 is 2.04 bits per heavy atom. The first-order chi connectivity index (χ1) is 13.0. The molecule has 0 fully saturated rings. The quantitative estimate of drug-likeness (QED) is 0.768. The summed E-state index contributed by atoms with van der Waals surface area (Å²) in [6.45, 7) is 2.84. The summed E-state index contributed by atoms with van der Waals surface area (Å²) < 4.78 is 13.3. The Hall–Kier alpha value is -2.95. The van der Waals surface area contributed by atoms with E-state index in [1.807, 2.05) is 23.1 Å². The molecular formula is C22H21FN2O2. The van der Waals surface area contributed by atoms with Gasteiger partial charge >= 0.3 is 0 Å². The van der Waals surface area contributed by atoms with Crippen LogP contribution >= 0.6 is 0 Å². The Bertz CT molecular complexity index is 1070. The third-order valence-electron chi connectivity index (χ3n) is 5.14. The van der Waals surface area contributed by atoms with E-state index in [0.717, 1.165) is 17.5 Å². The normalized spacial score (nSPS) is 16.4. The number of aromatic amines is 1. The molecule has 0 spiro atoms. The number of carbonyl (C=O) groups excluding carboxylic acids is 1. The first-order valence-electron chi connectivity index (χ1n) is 9.21. The van der Waals surface area contributed by atoms with Gasteiger partial charge in [-0.25, -0.2) is 4.39 Å². The number of aromatic nitrogens is 1. The van der Waals surface area contributed by atoms with Crippen LogP contribution in [0.2, 0.25) is 0 Å². The van der Waals surface area contributed by atoms with Crippen LogP contribution in [0.5, 0.6) is 0 Å². The highest BCUT2D eigenvalue weighted by atomic mass is 19.1. The van der Waals surface area contributed by atoms with E-state index in [1.54, 1.807) is 12.1 Å². The number of benzene rings is 2. The number of hydrogen-bond donors (Lipinski definition) is 1. The van der Waals surface area contributed by atoms with Crippen LogP contribution in [0.25, 0.3) is 10.9 Å².